The Morgan fingerprint density at radius 3 is 1.06 bits per heavy atom. The van der Waals surface area contributed by atoms with E-state index in [0.717, 1.165) is 27.5 Å². The first-order valence-corrected chi connectivity index (χ1v) is 24.8. The van der Waals surface area contributed by atoms with Crippen LogP contribution in [0.5, 0.6) is 0 Å². The van der Waals surface area contributed by atoms with Crippen LogP contribution in [0.2, 0.25) is 0 Å². The Morgan fingerprint density at radius 1 is 0.208 bits per heavy atom. The van der Waals surface area contributed by atoms with E-state index < -0.39 is 0 Å². The molecule has 0 atom stereocenters. The molecule has 0 bridgehead atoms. The van der Waals surface area contributed by atoms with Gasteiger partial charge in [0.05, 0.1) is 16.7 Å². The fourth-order valence-electron chi connectivity index (χ4n) is 12.0. The van der Waals surface area contributed by atoms with E-state index in [1.54, 1.807) is 0 Å². The topological polar surface area (TPSA) is 18.1 Å². The summed E-state index contributed by atoms with van der Waals surface area (Å²) in [5.74, 6) is 0. The van der Waals surface area contributed by atoms with E-state index in [1.165, 1.54) is 121 Å². The number of hydrogen-bond donors (Lipinski definition) is 0. The molecule has 2 aromatic heterocycles. The summed E-state index contributed by atoms with van der Waals surface area (Å²) in [7, 11) is 0. The predicted molar refractivity (Wildman–Crippen MR) is 305 cm³/mol. The van der Waals surface area contributed by atoms with Gasteiger partial charge >= 0.3 is 0 Å². The van der Waals surface area contributed by atoms with Crippen LogP contribution in [0.3, 0.4) is 0 Å². The number of aromatic nitrogens is 1. The second-order valence-electron chi connectivity index (χ2n) is 19.1. The average Bonchev–Trinajstić information content (AvgIpc) is 3.98. The standard InChI is InChI=1S/C70H43NO/c1-4-18-44(19-5-1)47-33-37-63-60(40-47)61-41-48(45-20-6-2-7-21-45)34-38-64(61)71(63)70-58-30-16-14-28-56(58)69(57-29-15-17-31-59(57)70)50-32-36-51-62-42-49(35-39-65(62)72-66(51)43-50)68-54-26-12-10-24-52(54)67(46-22-8-3-9-23-46)53-25-11-13-27-55(53)68/h1-43H. The molecular weight excluding hydrogens is 871 g/mol. The number of benzene rings is 13. The molecule has 15 rings (SSSR count). The lowest BCUT2D eigenvalue weighted by Gasteiger charge is -2.19. The van der Waals surface area contributed by atoms with Crippen molar-refractivity contribution in [3.8, 4) is 61.3 Å². The van der Waals surface area contributed by atoms with Crippen molar-refractivity contribution in [2.75, 3.05) is 0 Å². The first-order chi connectivity index (χ1) is 35.7. The lowest BCUT2D eigenvalue weighted by atomic mass is 9.86. The molecule has 0 fully saturated rings. The van der Waals surface area contributed by atoms with Gasteiger partial charge in [0.1, 0.15) is 11.2 Å². The highest BCUT2D eigenvalue weighted by Gasteiger charge is 2.23. The molecule has 2 nitrogen and oxygen atoms in total. The Kier molecular flexibility index (Phi) is 8.99. The van der Waals surface area contributed by atoms with Gasteiger partial charge in [-0.2, -0.15) is 0 Å². The zero-order valence-corrected chi connectivity index (χ0v) is 39.2. The molecule has 72 heavy (non-hydrogen) atoms. The summed E-state index contributed by atoms with van der Waals surface area (Å²) < 4.78 is 9.36. The third-order valence-electron chi connectivity index (χ3n) is 15.1. The maximum Gasteiger partial charge on any atom is 0.136 e. The van der Waals surface area contributed by atoms with Gasteiger partial charge in [0.15, 0.2) is 0 Å². The summed E-state index contributed by atoms with van der Waals surface area (Å²) in [6.45, 7) is 0. The second-order valence-corrected chi connectivity index (χ2v) is 19.1. The molecule has 0 unspecified atom stereocenters. The van der Waals surface area contributed by atoms with Gasteiger partial charge in [0.25, 0.3) is 0 Å². The lowest BCUT2D eigenvalue weighted by Crippen LogP contribution is -1.99. The molecule has 0 saturated heterocycles. The van der Waals surface area contributed by atoms with Crippen LogP contribution in [0.25, 0.3) is 148 Å². The summed E-state index contributed by atoms with van der Waals surface area (Å²) in [5.41, 5.74) is 17.3. The van der Waals surface area contributed by atoms with E-state index in [-0.39, 0.29) is 0 Å². The highest BCUT2D eigenvalue weighted by atomic mass is 16.3. The van der Waals surface area contributed by atoms with Gasteiger partial charge in [-0.25, -0.2) is 0 Å². The average molecular weight is 914 g/mol. The van der Waals surface area contributed by atoms with Crippen LogP contribution in [0, 0.1) is 0 Å². The number of rotatable bonds is 6. The van der Waals surface area contributed by atoms with Crippen LogP contribution in [-0.2, 0) is 0 Å². The third-order valence-corrected chi connectivity index (χ3v) is 15.1. The molecule has 0 amide bonds. The third kappa shape index (κ3) is 6.16. The largest absolute Gasteiger partial charge is 0.456 e. The highest BCUT2D eigenvalue weighted by molar-refractivity contribution is 6.24. The van der Waals surface area contributed by atoms with E-state index >= 15 is 0 Å². The Labute approximate surface area is 415 Å². The van der Waals surface area contributed by atoms with Crippen molar-refractivity contribution >= 4 is 86.8 Å². The smallest absolute Gasteiger partial charge is 0.136 e. The second kappa shape index (κ2) is 16.0. The number of hydrogen-bond acceptors (Lipinski definition) is 1. The number of nitrogens with zero attached hydrogens (tertiary/aromatic N) is 1. The van der Waals surface area contributed by atoms with Gasteiger partial charge in [-0.1, -0.05) is 212 Å². The van der Waals surface area contributed by atoms with Gasteiger partial charge < -0.3 is 8.98 Å². The monoisotopic (exact) mass is 913 g/mol. The maximum atomic E-state index is 6.84. The Hall–Kier alpha value is -9.50. The van der Waals surface area contributed by atoms with Gasteiger partial charge in [-0.05, 0) is 136 Å². The van der Waals surface area contributed by atoms with Crippen molar-refractivity contribution in [1.29, 1.82) is 0 Å². The zero-order valence-electron chi connectivity index (χ0n) is 39.2. The van der Waals surface area contributed by atoms with Crippen molar-refractivity contribution in [3.63, 3.8) is 0 Å². The fourth-order valence-corrected chi connectivity index (χ4v) is 12.0. The van der Waals surface area contributed by atoms with Crippen molar-refractivity contribution in [3.05, 3.63) is 261 Å². The first kappa shape index (κ1) is 40.4. The summed E-state index contributed by atoms with van der Waals surface area (Å²) in [4.78, 5) is 0. The molecule has 15 aromatic rings. The quantitative estimate of drug-likeness (QED) is 0.152. The van der Waals surface area contributed by atoms with Gasteiger partial charge in [0.2, 0.25) is 0 Å². The van der Waals surface area contributed by atoms with Crippen LogP contribution in [0.4, 0.5) is 0 Å². The molecule has 0 saturated carbocycles. The van der Waals surface area contributed by atoms with Crippen molar-refractivity contribution in [2.24, 2.45) is 0 Å². The summed E-state index contributed by atoms with van der Waals surface area (Å²) in [6.07, 6.45) is 0. The molecule has 0 aliphatic carbocycles. The molecule has 13 aromatic carbocycles. The van der Waals surface area contributed by atoms with Crippen LogP contribution in [0.1, 0.15) is 0 Å². The van der Waals surface area contributed by atoms with Crippen molar-refractivity contribution < 1.29 is 4.42 Å². The molecule has 2 heterocycles. The normalized spacial score (nSPS) is 11.9. The van der Waals surface area contributed by atoms with E-state index in [4.69, 9.17) is 4.42 Å². The van der Waals surface area contributed by atoms with E-state index in [9.17, 15) is 0 Å². The Bertz CT molecular complexity index is 4450. The first-order valence-electron chi connectivity index (χ1n) is 24.8. The molecule has 0 aliphatic heterocycles. The zero-order chi connectivity index (χ0) is 47.3. The molecule has 0 radical (unpaired) electrons. The van der Waals surface area contributed by atoms with Gasteiger partial charge in [-0.3, -0.25) is 0 Å². The fraction of sp³-hybridized carbons (Fsp3) is 0. The summed E-state index contributed by atoms with van der Waals surface area (Å²) in [6, 6.07) is 95.4. The Balaban J connectivity index is 0.925. The van der Waals surface area contributed by atoms with Crippen LogP contribution in [-0.4, -0.2) is 4.57 Å². The van der Waals surface area contributed by atoms with E-state index in [2.05, 4.69) is 265 Å². The number of fused-ring (bicyclic) bond motifs is 10. The van der Waals surface area contributed by atoms with Crippen molar-refractivity contribution in [1.82, 2.24) is 4.57 Å². The molecule has 0 aliphatic rings. The minimum Gasteiger partial charge on any atom is -0.456 e. The maximum absolute atomic E-state index is 6.84. The van der Waals surface area contributed by atoms with Crippen LogP contribution in [0.15, 0.2) is 265 Å². The SMILES string of the molecule is c1ccc(-c2ccc3c(c2)c2cc(-c4ccccc4)ccc2n3-c2c3ccccc3c(-c3ccc4c(c3)oc3ccc(-c5c6ccccc6c(-c6ccccc6)c6ccccc56)cc34)c3ccccc23)cc1. The van der Waals surface area contributed by atoms with E-state index in [1.807, 2.05) is 0 Å². The van der Waals surface area contributed by atoms with Crippen LogP contribution >= 0.6 is 0 Å². The van der Waals surface area contributed by atoms with Gasteiger partial charge in [0, 0.05) is 32.3 Å². The molecule has 0 N–H and O–H groups in total. The van der Waals surface area contributed by atoms with Crippen LogP contribution < -0.4 is 0 Å². The molecular formula is C70H43NO. The molecule has 0 spiro atoms. The van der Waals surface area contributed by atoms with Crippen molar-refractivity contribution in [2.45, 2.75) is 0 Å². The Morgan fingerprint density at radius 2 is 0.569 bits per heavy atom. The van der Waals surface area contributed by atoms with Gasteiger partial charge in [-0.15, -0.1) is 0 Å². The number of furan rings is 1. The van der Waals surface area contributed by atoms with E-state index in [0.29, 0.717) is 0 Å². The summed E-state index contributed by atoms with van der Waals surface area (Å²) in [5, 5.41) is 14.4. The molecule has 334 valence electrons. The minimum absolute atomic E-state index is 0.872. The lowest BCUT2D eigenvalue weighted by molar-refractivity contribution is 0.669. The summed E-state index contributed by atoms with van der Waals surface area (Å²) >= 11 is 0. The highest BCUT2D eigenvalue weighted by Crippen LogP contribution is 2.48. The molecule has 2 heteroatoms. The minimum atomic E-state index is 0.872. The predicted octanol–water partition coefficient (Wildman–Crippen LogP) is 19.6.